The first-order chi connectivity index (χ1) is 9.00. The molecule has 0 aromatic carbocycles. The highest BCUT2D eigenvalue weighted by molar-refractivity contribution is 6.60. The fourth-order valence-corrected chi connectivity index (χ4v) is 3.11. The molecule has 0 N–H and O–H groups in total. The van der Waals surface area contributed by atoms with Crippen LogP contribution in [0.4, 0.5) is 30.7 Å². The number of hydrogen-bond donors (Lipinski definition) is 0. The Bertz CT molecular complexity index is 291. The lowest BCUT2D eigenvalue weighted by Gasteiger charge is -2.30. The SMILES string of the molecule is CO[Si](CCC(F)C(F)(F)C(F)(F)C(F)F)(OC)OC. The third-order valence-electron chi connectivity index (χ3n) is 2.75. The van der Waals surface area contributed by atoms with Crippen molar-refractivity contribution in [1.82, 2.24) is 0 Å². The molecule has 3 nitrogen and oxygen atoms in total. The zero-order chi connectivity index (χ0) is 16.2. The zero-order valence-corrected chi connectivity index (χ0v) is 11.9. The van der Waals surface area contributed by atoms with E-state index in [1.807, 2.05) is 0 Å². The van der Waals surface area contributed by atoms with E-state index in [0.29, 0.717) is 0 Å². The summed E-state index contributed by atoms with van der Waals surface area (Å²) in [6.07, 6.45) is -9.33. The molecule has 11 heteroatoms. The largest absolute Gasteiger partial charge is 0.500 e. The lowest BCUT2D eigenvalue weighted by atomic mass is 10.1. The van der Waals surface area contributed by atoms with Gasteiger partial charge in [-0.25, -0.2) is 13.2 Å². The van der Waals surface area contributed by atoms with Gasteiger partial charge in [-0.15, -0.1) is 0 Å². The quantitative estimate of drug-likeness (QED) is 0.480. The van der Waals surface area contributed by atoms with E-state index >= 15 is 0 Å². The van der Waals surface area contributed by atoms with Gasteiger partial charge in [-0.2, -0.15) is 17.6 Å². The first kappa shape index (κ1) is 19.6. The molecule has 0 aliphatic rings. The third-order valence-corrected chi connectivity index (χ3v) is 5.52. The minimum Gasteiger partial charge on any atom is -0.377 e. The Balaban J connectivity index is 4.88. The van der Waals surface area contributed by atoms with E-state index in [9.17, 15) is 30.7 Å². The van der Waals surface area contributed by atoms with Gasteiger partial charge in [-0.3, -0.25) is 0 Å². The average Bonchev–Trinajstić information content (AvgIpc) is 2.40. The number of alkyl halides is 7. The first-order valence-corrected chi connectivity index (χ1v) is 7.27. The van der Waals surface area contributed by atoms with Crippen LogP contribution in [-0.2, 0) is 13.3 Å². The molecule has 0 spiro atoms. The Morgan fingerprint density at radius 1 is 0.850 bits per heavy atom. The van der Waals surface area contributed by atoms with Crippen LogP contribution in [0.2, 0.25) is 6.04 Å². The summed E-state index contributed by atoms with van der Waals surface area (Å²) in [5, 5.41) is 0. The van der Waals surface area contributed by atoms with Crippen molar-refractivity contribution in [3.63, 3.8) is 0 Å². The number of rotatable bonds is 9. The molecule has 0 amide bonds. The second-order valence-corrected chi connectivity index (χ2v) is 6.94. The molecule has 20 heavy (non-hydrogen) atoms. The molecular formula is C9H15F7O3Si. The van der Waals surface area contributed by atoms with Crippen LogP contribution in [0.25, 0.3) is 0 Å². The van der Waals surface area contributed by atoms with E-state index < -0.39 is 45.7 Å². The predicted molar refractivity (Wildman–Crippen MR) is 57.0 cm³/mol. The summed E-state index contributed by atoms with van der Waals surface area (Å²) >= 11 is 0. The van der Waals surface area contributed by atoms with E-state index in [-0.39, 0.29) is 0 Å². The van der Waals surface area contributed by atoms with Gasteiger partial charge in [-0.05, 0) is 6.42 Å². The molecule has 0 rings (SSSR count). The van der Waals surface area contributed by atoms with Crippen molar-refractivity contribution in [3.8, 4) is 0 Å². The molecule has 0 aromatic heterocycles. The van der Waals surface area contributed by atoms with Crippen LogP contribution in [0, 0.1) is 0 Å². The van der Waals surface area contributed by atoms with Crippen molar-refractivity contribution in [2.75, 3.05) is 21.3 Å². The molecule has 0 saturated heterocycles. The van der Waals surface area contributed by atoms with E-state index in [0.717, 1.165) is 21.3 Å². The lowest BCUT2D eigenvalue weighted by molar-refractivity contribution is -0.285. The van der Waals surface area contributed by atoms with E-state index in [1.54, 1.807) is 0 Å². The van der Waals surface area contributed by atoms with Crippen molar-refractivity contribution in [2.24, 2.45) is 0 Å². The molecule has 1 unspecified atom stereocenters. The van der Waals surface area contributed by atoms with Crippen LogP contribution in [-0.4, -0.2) is 54.6 Å². The van der Waals surface area contributed by atoms with Gasteiger partial charge < -0.3 is 13.3 Å². The molecule has 0 aromatic rings. The molecule has 0 aliphatic heterocycles. The van der Waals surface area contributed by atoms with Crippen LogP contribution in [0.15, 0.2) is 0 Å². The van der Waals surface area contributed by atoms with Gasteiger partial charge in [0.1, 0.15) is 0 Å². The van der Waals surface area contributed by atoms with E-state index in [1.165, 1.54) is 0 Å². The molecule has 0 radical (unpaired) electrons. The first-order valence-electron chi connectivity index (χ1n) is 5.34. The lowest BCUT2D eigenvalue weighted by Crippen LogP contribution is -2.53. The van der Waals surface area contributed by atoms with Gasteiger partial charge >= 0.3 is 27.1 Å². The summed E-state index contributed by atoms with van der Waals surface area (Å²) in [5.41, 5.74) is 0. The smallest absolute Gasteiger partial charge is 0.377 e. The van der Waals surface area contributed by atoms with Crippen LogP contribution in [0.1, 0.15) is 6.42 Å². The molecule has 0 bridgehead atoms. The maximum absolute atomic E-state index is 13.3. The summed E-state index contributed by atoms with van der Waals surface area (Å²) in [6.45, 7) is 0. The van der Waals surface area contributed by atoms with Crippen LogP contribution < -0.4 is 0 Å². The van der Waals surface area contributed by atoms with Gasteiger partial charge in [0.2, 0.25) is 0 Å². The second-order valence-electron chi connectivity index (χ2n) is 3.85. The minimum atomic E-state index is -5.76. The van der Waals surface area contributed by atoms with Crippen molar-refractivity contribution in [2.45, 2.75) is 36.9 Å². The van der Waals surface area contributed by atoms with Gasteiger partial charge in [0, 0.05) is 27.4 Å². The fourth-order valence-electron chi connectivity index (χ4n) is 1.40. The predicted octanol–water partition coefficient (Wildman–Crippen LogP) is 3.13. The van der Waals surface area contributed by atoms with Crippen LogP contribution >= 0.6 is 0 Å². The molecule has 0 aliphatic carbocycles. The summed E-state index contributed by atoms with van der Waals surface area (Å²) in [5.74, 6) is -11.3. The molecule has 1 atom stereocenters. The highest BCUT2D eigenvalue weighted by Gasteiger charge is 2.67. The van der Waals surface area contributed by atoms with Gasteiger partial charge in [0.05, 0.1) is 0 Å². The summed E-state index contributed by atoms with van der Waals surface area (Å²) in [6, 6.07) is -0.563. The monoisotopic (exact) mass is 332 g/mol. The normalized spacial score (nSPS) is 15.8. The van der Waals surface area contributed by atoms with Crippen LogP contribution in [0.5, 0.6) is 0 Å². The van der Waals surface area contributed by atoms with Crippen molar-refractivity contribution < 1.29 is 44.0 Å². The van der Waals surface area contributed by atoms with Crippen molar-refractivity contribution in [3.05, 3.63) is 0 Å². The topological polar surface area (TPSA) is 27.7 Å². The number of hydrogen-bond acceptors (Lipinski definition) is 3. The Morgan fingerprint density at radius 3 is 1.55 bits per heavy atom. The third kappa shape index (κ3) is 3.83. The molecule has 0 saturated carbocycles. The highest BCUT2D eigenvalue weighted by Crippen LogP contribution is 2.44. The minimum absolute atomic E-state index is 0.563. The summed E-state index contributed by atoms with van der Waals surface area (Å²) in [4.78, 5) is 0. The van der Waals surface area contributed by atoms with E-state index in [2.05, 4.69) is 0 Å². The van der Waals surface area contributed by atoms with Gasteiger partial charge in [0.15, 0.2) is 6.17 Å². The average molecular weight is 332 g/mol. The van der Waals surface area contributed by atoms with Gasteiger partial charge in [0.25, 0.3) is 0 Å². The molecule has 0 fully saturated rings. The van der Waals surface area contributed by atoms with E-state index in [4.69, 9.17) is 13.3 Å². The van der Waals surface area contributed by atoms with Gasteiger partial charge in [-0.1, -0.05) is 0 Å². The number of halogens is 7. The molecular weight excluding hydrogens is 317 g/mol. The Labute approximate surface area is 112 Å². The van der Waals surface area contributed by atoms with Crippen molar-refractivity contribution in [1.29, 1.82) is 0 Å². The maximum Gasteiger partial charge on any atom is 0.500 e. The maximum atomic E-state index is 13.3. The molecule has 0 heterocycles. The standard InChI is InChI=1S/C9H15F7O3Si/c1-17-20(18-2,19-3)5-4-6(10)8(13,14)9(15,16)7(11)12/h6-7H,4-5H2,1-3H3. The Morgan fingerprint density at radius 2 is 1.25 bits per heavy atom. The molecule has 122 valence electrons. The Hall–Kier alpha value is -0.393. The van der Waals surface area contributed by atoms with Crippen LogP contribution in [0.3, 0.4) is 0 Å². The summed E-state index contributed by atoms with van der Waals surface area (Å²) < 4.78 is 103. The second kappa shape index (κ2) is 7.05. The zero-order valence-electron chi connectivity index (χ0n) is 10.9. The van der Waals surface area contributed by atoms with Crippen molar-refractivity contribution >= 4 is 8.80 Å². The highest BCUT2D eigenvalue weighted by atomic mass is 28.4. The Kier molecular flexibility index (Phi) is 6.91. The fraction of sp³-hybridized carbons (Fsp3) is 1.00. The summed E-state index contributed by atoms with van der Waals surface area (Å²) in [7, 11) is -0.123.